The fourth-order valence-corrected chi connectivity index (χ4v) is 4.39. The fourth-order valence-electron chi connectivity index (χ4n) is 4.39. The molecule has 3 N–H and O–H groups in total. The third-order valence-electron chi connectivity index (χ3n) is 6.21. The summed E-state index contributed by atoms with van der Waals surface area (Å²) in [5, 5.41) is 26.6. The molecule has 37 heavy (non-hydrogen) atoms. The summed E-state index contributed by atoms with van der Waals surface area (Å²) in [6.07, 6.45) is 2.38. The summed E-state index contributed by atoms with van der Waals surface area (Å²) in [5.41, 5.74) is 2.95. The van der Waals surface area contributed by atoms with Crippen molar-refractivity contribution in [1.82, 2.24) is 10.3 Å². The number of amides is 1. The van der Waals surface area contributed by atoms with Gasteiger partial charge in [0.25, 0.3) is 5.91 Å². The first-order valence-electron chi connectivity index (χ1n) is 11.9. The van der Waals surface area contributed by atoms with Gasteiger partial charge >= 0.3 is 0 Å². The molecular formula is C28H24FN5O3. The molecule has 2 aromatic heterocycles. The number of anilines is 2. The second-order valence-electron chi connectivity index (χ2n) is 8.62. The maximum Gasteiger partial charge on any atom is 0.292 e. The van der Waals surface area contributed by atoms with E-state index in [0.717, 1.165) is 49.9 Å². The first-order chi connectivity index (χ1) is 18.0. The molecular weight excluding hydrogens is 473 g/mol. The number of pyridine rings is 1. The van der Waals surface area contributed by atoms with Gasteiger partial charge in [0.15, 0.2) is 11.6 Å². The summed E-state index contributed by atoms with van der Waals surface area (Å²) in [6, 6.07) is 18.3. The number of nitrogens with zero attached hydrogens (tertiary/aromatic N) is 3. The Kier molecular flexibility index (Phi) is 6.83. The normalized spacial score (nSPS) is 13.6. The largest absolute Gasteiger partial charge is 0.507 e. The standard InChI is InChI=1S/C28H24FN5O3/c29-19-7-8-21(25(35)15-19)24-16-22(18-4-1-5-20(14-18)34-11-3-9-31-10-12-34)23(17-30)27(32-24)33-28(36)26-6-2-13-37-26/h1-2,4-8,13-16,31,35H,3,9-12H2,(H,32,33,36). The van der Waals surface area contributed by atoms with Crippen molar-refractivity contribution in [2.24, 2.45) is 0 Å². The van der Waals surface area contributed by atoms with Gasteiger partial charge in [0.1, 0.15) is 23.2 Å². The number of hydrogen-bond acceptors (Lipinski definition) is 7. The molecule has 0 unspecified atom stereocenters. The van der Waals surface area contributed by atoms with Gasteiger partial charge in [0.2, 0.25) is 0 Å². The zero-order valence-electron chi connectivity index (χ0n) is 19.9. The average molecular weight is 498 g/mol. The zero-order chi connectivity index (χ0) is 25.8. The van der Waals surface area contributed by atoms with Gasteiger partial charge in [-0.15, -0.1) is 0 Å². The summed E-state index contributed by atoms with van der Waals surface area (Å²) < 4.78 is 18.9. The van der Waals surface area contributed by atoms with Crippen LogP contribution in [0.15, 0.2) is 71.3 Å². The summed E-state index contributed by atoms with van der Waals surface area (Å²) in [4.78, 5) is 19.5. The predicted octanol–water partition coefficient (Wildman–Crippen LogP) is 4.78. The Morgan fingerprint density at radius 1 is 1.11 bits per heavy atom. The van der Waals surface area contributed by atoms with Crippen LogP contribution in [0.1, 0.15) is 22.5 Å². The molecule has 2 aromatic carbocycles. The molecule has 4 aromatic rings. The summed E-state index contributed by atoms with van der Waals surface area (Å²) in [7, 11) is 0. The Hall–Kier alpha value is -4.68. The lowest BCUT2D eigenvalue weighted by molar-refractivity contribution is 0.0996. The molecule has 1 saturated heterocycles. The average Bonchev–Trinajstić information content (AvgIpc) is 3.31. The molecule has 0 radical (unpaired) electrons. The first kappa shape index (κ1) is 24.0. The van der Waals surface area contributed by atoms with E-state index >= 15 is 0 Å². The van der Waals surface area contributed by atoms with Crippen molar-refractivity contribution in [2.75, 3.05) is 36.4 Å². The smallest absolute Gasteiger partial charge is 0.292 e. The van der Waals surface area contributed by atoms with E-state index in [0.29, 0.717) is 5.56 Å². The lowest BCUT2D eigenvalue weighted by Crippen LogP contribution is -2.27. The van der Waals surface area contributed by atoms with E-state index in [1.54, 1.807) is 12.1 Å². The number of aromatic hydroxyl groups is 1. The van der Waals surface area contributed by atoms with Crippen LogP contribution in [0.25, 0.3) is 22.4 Å². The van der Waals surface area contributed by atoms with Crippen LogP contribution in [-0.2, 0) is 0 Å². The van der Waals surface area contributed by atoms with Gasteiger partial charge in [-0.25, -0.2) is 9.37 Å². The van der Waals surface area contributed by atoms with Gasteiger partial charge in [0, 0.05) is 42.5 Å². The molecule has 1 amide bonds. The van der Waals surface area contributed by atoms with Crippen LogP contribution in [0.5, 0.6) is 5.75 Å². The topological polar surface area (TPSA) is 114 Å². The third-order valence-corrected chi connectivity index (χ3v) is 6.21. The number of carbonyl (C=O) groups excluding carboxylic acids is 1. The number of nitrogens with one attached hydrogen (secondary N) is 2. The number of aromatic nitrogens is 1. The number of furan rings is 1. The molecule has 5 rings (SSSR count). The van der Waals surface area contributed by atoms with E-state index < -0.39 is 11.7 Å². The maximum atomic E-state index is 13.7. The molecule has 0 atom stereocenters. The van der Waals surface area contributed by atoms with Crippen LogP contribution in [0, 0.1) is 17.1 Å². The highest BCUT2D eigenvalue weighted by atomic mass is 19.1. The molecule has 0 saturated carbocycles. The number of phenolic OH excluding ortho intramolecular Hbond substituents is 1. The third kappa shape index (κ3) is 5.15. The summed E-state index contributed by atoms with van der Waals surface area (Å²) in [5.74, 6) is -1.42. The lowest BCUT2D eigenvalue weighted by Gasteiger charge is -2.23. The Morgan fingerprint density at radius 3 is 2.78 bits per heavy atom. The van der Waals surface area contributed by atoms with E-state index in [4.69, 9.17) is 4.42 Å². The van der Waals surface area contributed by atoms with E-state index in [2.05, 4.69) is 26.6 Å². The second-order valence-corrected chi connectivity index (χ2v) is 8.62. The molecule has 3 heterocycles. The van der Waals surface area contributed by atoms with Crippen molar-refractivity contribution in [3.8, 4) is 34.2 Å². The number of rotatable bonds is 5. The molecule has 1 aliphatic heterocycles. The van der Waals surface area contributed by atoms with Crippen molar-refractivity contribution < 1.29 is 18.7 Å². The highest BCUT2D eigenvalue weighted by molar-refractivity contribution is 6.03. The van der Waals surface area contributed by atoms with Gasteiger partial charge in [-0.2, -0.15) is 5.26 Å². The Morgan fingerprint density at radius 2 is 2.00 bits per heavy atom. The number of phenols is 1. The van der Waals surface area contributed by atoms with E-state index in [9.17, 15) is 19.6 Å². The van der Waals surface area contributed by atoms with Crippen LogP contribution in [-0.4, -0.2) is 42.2 Å². The van der Waals surface area contributed by atoms with Crippen molar-refractivity contribution in [3.05, 3.63) is 84.1 Å². The molecule has 9 heteroatoms. The summed E-state index contributed by atoms with van der Waals surface area (Å²) in [6.45, 7) is 3.59. The van der Waals surface area contributed by atoms with Gasteiger partial charge in [-0.1, -0.05) is 12.1 Å². The molecule has 8 nitrogen and oxygen atoms in total. The number of nitriles is 1. The molecule has 186 valence electrons. The number of benzene rings is 2. The van der Waals surface area contributed by atoms with Crippen molar-refractivity contribution >= 4 is 17.4 Å². The molecule has 1 aliphatic rings. The molecule has 1 fully saturated rings. The van der Waals surface area contributed by atoms with Crippen LogP contribution in [0.2, 0.25) is 0 Å². The summed E-state index contributed by atoms with van der Waals surface area (Å²) >= 11 is 0. The first-order valence-corrected chi connectivity index (χ1v) is 11.9. The minimum Gasteiger partial charge on any atom is -0.507 e. The van der Waals surface area contributed by atoms with Gasteiger partial charge in [-0.05, 0) is 61.0 Å². The highest BCUT2D eigenvalue weighted by Gasteiger charge is 2.21. The quantitative estimate of drug-likeness (QED) is 0.364. The molecule has 0 spiro atoms. The molecule has 0 aliphatic carbocycles. The Balaban J connectivity index is 1.64. The Bertz CT molecular complexity index is 1470. The highest BCUT2D eigenvalue weighted by Crippen LogP contribution is 2.37. The monoisotopic (exact) mass is 497 g/mol. The van der Waals surface area contributed by atoms with Crippen molar-refractivity contribution in [2.45, 2.75) is 6.42 Å². The number of halogens is 1. The number of carbonyl (C=O) groups is 1. The van der Waals surface area contributed by atoms with E-state index in [1.807, 2.05) is 24.3 Å². The minimum atomic E-state index is -0.596. The minimum absolute atomic E-state index is 0.00417. The van der Waals surface area contributed by atoms with Gasteiger partial charge in [0.05, 0.1) is 12.0 Å². The van der Waals surface area contributed by atoms with Crippen LogP contribution in [0.3, 0.4) is 0 Å². The second kappa shape index (κ2) is 10.5. The zero-order valence-corrected chi connectivity index (χ0v) is 19.9. The van der Waals surface area contributed by atoms with Gasteiger partial charge in [-0.3, -0.25) is 4.79 Å². The predicted molar refractivity (Wildman–Crippen MR) is 138 cm³/mol. The number of hydrogen-bond donors (Lipinski definition) is 3. The maximum absolute atomic E-state index is 13.7. The molecule has 0 bridgehead atoms. The lowest BCUT2D eigenvalue weighted by atomic mass is 9.97. The van der Waals surface area contributed by atoms with E-state index in [-0.39, 0.29) is 34.1 Å². The van der Waals surface area contributed by atoms with Crippen molar-refractivity contribution in [1.29, 1.82) is 5.26 Å². The SMILES string of the molecule is N#Cc1c(-c2cccc(N3CCCNCC3)c2)cc(-c2ccc(F)cc2O)nc1NC(=O)c1ccco1. The fraction of sp³-hybridized carbons (Fsp3) is 0.179. The van der Waals surface area contributed by atoms with Crippen LogP contribution in [0.4, 0.5) is 15.9 Å². The van der Waals surface area contributed by atoms with Crippen LogP contribution >= 0.6 is 0 Å². The van der Waals surface area contributed by atoms with Crippen molar-refractivity contribution in [3.63, 3.8) is 0 Å². The van der Waals surface area contributed by atoms with E-state index in [1.165, 1.54) is 24.5 Å². The Labute approximate surface area is 213 Å². The van der Waals surface area contributed by atoms with Crippen LogP contribution < -0.4 is 15.5 Å². The van der Waals surface area contributed by atoms with Gasteiger partial charge < -0.3 is 25.1 Å².